The number of halogens is 1. The van der Waals surface area contributed by atoms with Gasteiger partial charge < -0.3 is 9.84 Å². The van der Waals surface area contributed by atoms with E-state index in [9.17, 15) is 20.0 Å². The van der Waals surface area contributed by atoms with Crippen LogP contribution in [-0.2, 0) is 4.79 Å². The van der Waals surface area contributed by atoms with Crippen LogP contribution >= 0.6 is 15.9 Å². The van der Waals surface area contributed by atoms with Gasteiger partial charge in [-0.15, -0.1) is 0 Å². The van der Waals surface area contributed by atoms with E-state index >= 15 is 0 Å². The summed E-state index contributed by atoms with van der Waals surface area (Å²) in [5.41, 5.74) is 2.12. The number of carbonyl (C=O) groups is 1. The zero-order valence-corrected chi connectivity index (χ0v) is 13.8. The van der Waals surface area contributed by atoms with E-state index in [4.69, 9.17) is 4.74 Å². The van der Waals surface area contributed by atoms with E-state index in [2.05, 4.69) is 26.5 Å². The van der Waals surface area contributed by atoms with Gasteiger partial charge in [0, 0.05) is 22.2 Å². The Morgan fingerprint density at radius 3 is 2.88 bits per heavy atom. The van der Waals surface area contributed by atoms with Crippen LogP contribution < -0.4 is 10.2 Å². The van der Waals surface area contributed by atoms with Gasteiger partial charge in [-0.3, -0.25) is 14.9 Å². The number of nitrogens with zero attached hydrogens (tertiary/aromatic N) is 2. The van der Waals surface area contributed by atoms with E-state index in [0.29, 0.717) is 5.75 Å². The van der Waals surface area contributed by atoms with Gasteiger partial charge in [0.1, 0.15) is 11.5 Å². The average molecular weight is 394 g/mol. The molecule has 24 heavy (non-hydrogen) atoms. The SMILES string of the molecule is O=C(COc1cccc(Br)c1)N/N=C/c1cc([N+](=O)[O-])ccc1O. The van der Waals surface area contributed by atoms with E-state index in [1.807, 2.05) is 6.07 Å². The zero-order valence-electron chi connectivity index (χ0n) is 12.2. The van der Waals surface area contributed by atoms with Crippen molar-refractivity contribution in [1.82, 2.24) is 5.43 Å². The molecule has 8 nitrogen and oxygen atoms in total. The third kappa shape index (κ3) is 5.06. The molecule has 0 aliphatic heterocycles. The molecule has 124 valence electrons. The number of benzene rings is 2. The Morgan fingerprint density at radius 1 is 1.38 bits per heavy atom. The van der Waals surface area contributed by atoms with Crippen LogP contribution in [0.5, 0.6) is 11.5 Å². The molecule has 2 aromatic rings. The lowest BCUT2D eigenvalue weighted by atomic mass is 10.2. The first-order valence-electron chi connectivity index (χ1n) is 6.63. The van der Waals surface area contributed by atoms with Crippen molar-refractivity contribution in [1.29, 1.82) is 0 Å². The minimum absolute atomic E-state index is 0.109. The molecular weight excluding hydrogens is 382 g/mol. The molecular formula is C15H12BrN3O5. The Kier molecular flexibility index (Phi) is 5.85. The number of hydrogen-bond acceptors (Lipinski definition) is 6. The molecule has 0 saturated carbocycles. The van der Waals surface area contributed by atoms with Crippen LogP contribution in [0.3, 0.4) is 0 Å². The number of ether oxygens (including phenoxy) is 1. The normalized spacial score (nSPS) is 10.5. The number of non-ortho nitro benzene ring substituents is 1. The fourth-order valence-corrected chi connectivity index (χ4v) is 2.05. The summed E-state index contributed by atoms with van der Waals surface area (Å²) in [6.45, 7) is -0.255. The molecule has 0 aliphatic carbocycles. The number of nitro groups is 1. The van der Waals surface area contributed by atoms with Crippen molar-refractivity contribution in [3.63, 3.8) is 0 Å². The molecule has 0 aliphatic rings. The maximum atomic E-state index is 11.6. The molecule has 0 heterocycles. The van der Waals surface area contributed by atoms with Crippen LogP contribution in [-0.4, -0.2) is 28.8 Å². The van der Waals surface area contributed by atoms with Crippen LogP contribution in [0, 0.1) is 10.1 Å². The second-order valence-electron chi connectivity index (χ2n) is 4.54. The van der Waals surface area contributed by atoms with Gasteiger partial charge in [-0.05, 0) is 24.3 Å². The number of hydrazone groups is 1. The first-order chi connectivity index (χ1) is 11.5. The van der Waals surface area contributed by atoms with Gasteiger partial charge in [-0.25, -0.2) is 5.43 Å². The Morgan fingerprint density at radius 2 is 2.17 bits per heavy atom. The summed E-state index contributed by atoms with van der Waals surface area (Å²) in [5, 5.41) is 23.9. The van der Waals surface area contributed by atoms with Gasteiger partial charge in [0.2, 0.25) is 0 Å². The first-order valence-corrected chi connectivity index (χ1v) is 7.42. The molecule has 0 atom stereocenters. The number of amides is 1. The summed E-state index contributed by atoms with van der Waals surface area (Å²) in [5.74, 6) is -0.194. The third-order valence-electron chi connectivity index (χ3n) is 2.78. The van der Waals surface area contributed by atoms with Crippen molar-refractivity contribution in [2.45, 2.75) is 0 Å². The lowest BCUT2D eigenvalue weighted by Gasteiger charge is -2.05. The number of rotatable bonds is 6. The Labute approximate surface area is 145 Å². The highest BCUT2D eigenvalue weighted by Gasteiger charge is 2.09. The van der Waals surface area contributed by atoms with Gasteiger partial charge >= 0.3 is 0 Å². The van der Waals surface area contributed by atoms with Crippen molar-refractivity contribution in [2.24, 2.45) is 5.10 Å². The first kappa shape index (κ1) is 17.4. The number of carbonyl (C=O) groups excluding carboxylic acids is 1. The minimum Gasteiger partial charge on any atom is -0.507 e. The maximum Gasteiger partial charge on any atom is 0.277 e. The lowest BCUT2D eigenvalue weighted by molar-refractivity contribution is -0.384. The average Bonchev–Trinajstić information content (AvgIpc) is 2.54. The largest absolute Gasteiger partial charge is 0.507 e. The fourth-order valence-electron chi connectivity index (χ4n) is 1.67. The molecule has 0 saturated heterocycles. The van der Waals surface area contributed by atoms with Crippen LogP contribution in [0.4, 0.5) is 5.69 Å². The number of hydrogen-bond donors (Lipinski definition) is 2. The summed E-state index contributed by atoms with van der Waals surface area (Å²) in [6, 6.07) is 10.5. The van der Waals surface area contributed by atoms with Crippen LogP contribution in [0.25, 0.3) is 0 Å². The topological polar surface area (TPSA) is 114 Å². The Balaban J connectivity index is 1.90. The maximum absolute atomic E-state index is 11.6. The van der Waals surface area contributed by atoms with Gasteiger partial charge in [-0.1, -0.05) is 22.0 Å². The molecule has 2 N–H and O–H groups in total. The number of nitrogens with one attached hydrogen (secondary N) is 1. The van der Waals surface area contributed by atoms with Crippen LogP contribution in [0.2, 0.25) is 0 Å². The smallest absolute Gasteiger partial charge is 0.277 e. The summed E-state index contributed by atoms with van der Waals surface area (Å²) in [7, 11) is 0. The number of phenolic OH excluding ortho intramolecular Hbond substituents is 1. The highest BCUT2D eigenvalue weighted by molar-refractivity contribution is 9.10. The van der Waals surface area contributed by atoms with Crippen molar-refractivity contribution in [3.05, 3.63) is 62.6 Å². The molecule has 2 aromatic carbocycles. The van der Waals surface area contributed by atoms with Crippen LogP contribution in [0.1, 0.15) is 5.56 Å². The molecule has 0 bridgehead atoms. The van der Waals surface area contributed by atoms with Gasteiger partial charge in [0.15, 0.2) is 6.61 Å². The fraction of sp³-hybridized carbons (Fsp3) is 0.0667. The van der Waals surface area contributed by atoms with E-state index < -0.39 is 10.8 Å². The quantitative estimate of drug-likeness (QED) is 0.444. The molecule has 0 aromatic heterocycles. The van der Waals surface area contributed by atoms with Crippen molar-refractivity contribution in [2.75, 3.05) is 6.61 Å². The molecule has 0 radical (unpaired) electrons. The highest BCUT2D eigenvalue weighted by Crippen LogP contribution is 2.21. The number of aromatic hydroxyl groups is 1. The van der Waals surface area contributed by atoms with Gasteiger partial charge in [0.05, 0.1) is 11.1 Å². The van der Waals surface area contributed by atoms with Gasteiger partial charge in [-0.2, -0.15) is 5.10 Å². The summed E-state index contributed by atoms with van der Waals surface area (Å²) >= 11 is 3.28. The summed E-state index contributed by atoms with van der Waals surface area (Å²) in [6.07, 6.45) is 1.11. The minimum atomic E-state index is -0.596. The number of phenols is 1. The molecule has 2 rings (SSSR count). The summed E-state index contributed by atoms with van der Waals surface area (Å²) in [4.78, 5) is 21.7. The molecule has 0 fully saturated rings. The monoisotopic (exact) mass is 393 g/mol. The second-order valence-corrected chi connectivity index (χ2v) is 5.46. The molecule has 9 heteroatoms. The third-order valence-corrected chi connectivity index (χ3v) is 3.27. The standard InChI is InChI=1S/C15H12BrN3O5/c16-11-2-1-3-13(7-11)24-9-15(21)18-17-8-10-6-12(19(22)23)4-5-14(10)20/h1-8,20H,9H2,(H,18,21)/b17-8+. The molecule has 0 unspecified atom stereocenters. The van der Waals surface area contributed by atoms with Crippen molar-refractivity contribution in [3.8, 4) is 11.5 Å². The predicted octanol–water partition coefficient (Wildman–Crippen LogP) is 2.59. The van der Waals surface area contributed by atoms with Crippen molar-refractivity contribution < 1.29 is 19.6 Å². The predicted molar refractivity (Wildman–Crippen MR) is 90.1 cm³/mol. The van der Waals surface area contributed by atoms with E-state index in [1.54, 1.807) is 18.2 Å². The van der Waals surface area contributed by atoms with E-state index in [0.717, 1.165) is 22.8 Å². The second kappa shape index (κ2) is 8.06. The Hall–Kier alpha value is -2.94. The highest BCUT2D eigenvalue weighted by atomic mass is 79.9. The van der Waals surface area contributed by atoms with E-state index in [1.165, 1.54) is 6.07 Å². The molecule has 0 spiro atoms. The van der Waals surface area contributed by atoms with Gasteiger partial charge in [0.25, 0.3) is 11.6 Å². The van der Waals surface area contributed by atoms with Crippen molar-refractivity contribution >= 4 is 33.7 Å². The number of nitro benzene ring substituents is 1. The lowest BCUT2D eigenvalue weighted by Crippen LogP contribution is -2.24. The summed E-state index contributed by atoms with van der Waals surface area (Å²) < 4.78 is 6.09. The van der Waals surface area contributed by atoms with Crippen LogP contribution in [0.15, 0.2) is 52.0 Å². The zero-order chi connectivity index (χ0) is 17.5. The molecule has 1 amide bonds. The Bertz CT molecular complexity index is 794. The van der Waals surface area contributed by atoms with E-state index in [-0.39, 0.29) is 23.6 Å².